The van der Waals surface area contributed by atoms with Crippen LogP contribution in [-0.4, -0.2) is 47.3 Å². The van der Waals surface area contributed by atoms with Crippen LogP contribution in [0.3, 0.4) is 0 Å². The van der Waals surface area contributed by atoms with Crippen LogP contribution in [0.25, 0.3) is 0 Å². The van der Waals surface area contributed by atoms with E-state index in [2.05, 4.69) is 9.88 Å². The van der Waals surface area contributed by atoms with E-state index in [1.165, 1.54) is 30.6 Å². The van der Waals surface area contributed by atoms with Crippen molar-refractivity contribution in [2.75, 3.05) is 26.3 Å². The number of pyridine rings is 1. The Morgan fingerprint density at radius 3 is 2.83 bits per heavy atom. The molecule has 1 fully saturated rings. The lowest BCUT2D eigenvalue weighted by atomic mass is 10.1. The van der Waals surface area contributed by atoms with Gasteiger partial charge in [-0.15, -0.1) is 0 Å². The maximum absolute atomic E-state index is 12.3. The highest BCUT2D eigenvalue weighted by molar-refractivity contribution is 6.30. The number of hydrogen-bond acceptors (Lipinski definition) is 6. The van der Waals surface area contributed by atoms with E-state index in [-0.39, 0.29) is 11.5 Å². The second kappa shape index (κ2) is 7.61. The molecule has 24 heavy (non-hydrogen) atoms. The molecule has 2 heterocycles. The van der Waals surface area contributed by atoms with Gasteiger partial charge in [0.2, 0.25) is 0 Å². The molecule has 3 rings (SSSR count). The fraction of sp³-hybridized carbons (Fsp3) is 0.294. The van der Waals surface area contributed by atoms with Gasteiger partial charge in [-0.3, -0.25) is 9.88 Å². The highest BCUT2D eigenvalue weighted by atomic mass is 35.5. The first-order valence-electron chi connectivity index (χ1n) is 7.56. The Morgan fingerprint density at radius 1 is 1.29 bits per heavy atom. The largest absolute Gasteiger partial charge is 0.508 e. The highest BCUT2D eigenvalue weighted by Gasteiger charge is 2.16. The molecule has 126 valence electrons. The van der Waals surface area contributed by atoms with E-state index in [1.54, 1.807) is 6.07 Å². The average Bonchev–Trinajstić information content (AvgIpc) is 2.58. The number of hydrogen-bond donors (Lipinski definition) is 1. The Labute approximate surface area is 144 Å². The van der Waals surface area contributed by atoms with Gasteiger partial charge in [-0.25, -0.2) is 4.79 Å². The Kier molecular flexibility index (Phi) is 5.30. The first-order chi connectivity index (χ1) is 11.6. The predicted octanol–water partition coefficient (Wildman–Crippen LogP) is 2.49. The number of benzene rings is 1. The first kappa shape index (κ1) is 16.7. The normalized spacial score (nSPS) is 15.2. The Balaban J connectivity index is 1.73. The second-order valence-corrected chi connectivity index (χ2v) is 5.90. The number of rotatable bonds is 4. The summed E-state index contributed by atoms with van der Waals surface area (Å²) in [6.45, 7) is 3.48. The van der Waals surface area contributed by atoms with Crippen LogP contribution in [-0.2, 0) is 11.3 Å². The summed E-state index contributed by atoms with van der Waals surface area (Å²) in [4.78, 5) is 18.3. The monoisotopic (exact) mass is 348 g/mol. The van der Waals surface area contributed by atoms with Gasteiger partial charge in [-0.05, 0) is 18.2 Å². The molecule has 1 aromatic carbocycles. The van der Waals surface area contributed by atoms with Crippen molar-refractivity contribution in [1.29, 1.82) is 0 Å². The van der Waals surface area contributed by atoms with Gasteiger partial charge >= 0.3 is 5.97 Å². The summed E-state index contributed by atoms with van der Waals surface area (Å²) < 4.78 is 10.6. The van der Waals surface area contributed by atoms with Crippen LogP contribution in [0.2, 0.25) is 5.02 Å². The Morgan fingerprint density at radius 2 is 2.08 bits per heavy atom. The summed E-state index contributed by atoms with van der Waals surface area (Å²) in [7, 11) is 0. The molecule has 0 atom stereocenters. The van der Waals surface area contributed by atoms with Crippen LogP contribution in [0.4, 0.5) is 0 Å². The van der Waals surface area contributed by atoms with Gasteiger partial charge in [-0.2, -0.15) is 0 Å². The molecule has 1 saturated heterocycles. The van der Waals surface area contributed by atoms with Crippen molar-refractivity contribution in [2.24, 2.45) is 0 Å². The third kappa shape index (κ3) is 4.23. The van der Waals surface area contributed by atoms with Crippen LogP contribution >= 0.6 is 11.6 Å². The number of phenolic OH excluding ortho intramolecular Hbond substituents is 1. The fourth-order valence-electron chi connectivity index (χ4n) is 2.45. The van der Waals surface area contributed by atoms with Gasteiger partial charge in [0.05, 0.1) is 30.0 Å². The minimum atomic E-state index is -0.526. The van der Waals surface area contributed by atoms with Crippen LogP contribution in [0.15, 0.2) is 36.7 Å². The number of morpholine rings is 1. The summed E-state index contributed by atoms with van der Waals surface area (Å²) in [5, 5.41) is 10.4. The molecule has 1 aliphatic heterocycles. The minimum Gasteiger partial charge on any atom is -0.508 e. The van der Waals surface area contributed by atoms with E-state index in [0.717, 1.165) is 13.1 Å². The summed E-state index contributed by atoms with van der Waals surface area (Å²) >= 11 is 5.83. The van der Waals surface area contributed by atoms with E-state index in [4.69, 9.17) is 21.1 Å². The quantitative estimate of drug-likeness (QED) is 0.856. The molecule has 0 radical (unpaired) electrons. The van der Waals surface area contributed by atoms with Crippen molar-refractivity contribution in [3.8, 4) is 11.5 Å². The molecule has 6 nitrogen and oxygen atoms in total. The van der Waals surface area contributed by atoms with Gasteiger partial charge in [0.1, 0.15) is 5.75 Å². The summed E-state index contributed by atoms with van der Waals surface area (Å²) in [5.74, 6) is -0.0972. The molecule has 0 spiro atoms. The van der Waals surface area contributed by atoms with Gasteiger partial charge < -0.3 is 14.6 Å². The number of carbonyl (C=O) groups excluding carboxylic acids is 1. The molecular formula is C17H17ClN2O4. The molecule has 0 bridgehead atoms. The zero-order chi connectivity index (χ0) is 16.9. The molecular weight excluding hydrogens is 332 g/mol. The molecule has 1 N–H and O–H groups in total. The van der Waals surface area contributed by atoms with Crippen LogP contribution in [0, 0.1) is 0 Å². The van der Waals surface area contributed by atoms with E-state index >= 15 is 0 Å². The number of phenols is 1. The number of nitrogens with zero attached hydrogens (tertiary/aromatic N) is 2. The SMILES string of the molecule is O=C(Oc1cncc(Cl)c1)c1ccc(O)c(CN2CCOCC2)c1. The third-order valence-electron chi connectivity index (χ3n) is 3.70. The molecule has 1 aromatic heterocycles. The Hall–Kier alpha value is -2.15. The number of halogens is 1. The van der Waals surface area contributed by atoms with Gasteiger partial charge in [-0.1, -0.05) is 11.6 Å². The number of ether oxygens (including phenoxy) is 2. The van der Waals surface area contributed by atoms with Crippen molar-refractivity contribution < 1.29 is 19.4 Å². The lowest BCUT2D eigenvalue weighted by Gasteiger charge is -2.26. The number of aromatic nitrogens is 1. The standard InChI is InChI=1S/C17H17ClN2O4/c18-14-8-15(10-19-9-14)24-17(22)12-1-2-16(21)13(7-12)11-20-3-5-23-6-4-20/h1-2,7-10,21H,3-6,11H2. The van der Waals surface area contributed by atoms with Crippen molar-refractivity contribution in [3.05, 3.63) is 52.8 Å². The van der Waals surface area contributed by atoms with Crippen molar-refractivity contribution in [3.63, 3.8) is 0 Å². The summed E-state index contributed by atoms with van der Waals surface area (Å²) in [6.07, 6.45) is 2.87. The van der Waals surface area contributed by atoms with Crippen molar-refractivity contribution >= 4 is 17.6 Å². The maximum atomic E-state index is 12.3. The van der Waals surface area contributed by atoms with Crippen LogP contribution in [0.1, 0.15) is 15.9 Å². The molecule has 7 heteroatoms. The molecule has 0 saturated carbocycles. The van der Waals surface area contributed by atoms with Crippen molar-refractivity contribution in [1.82, 2.24) is 9.88 Å². The third-order valence-corrected chi connectivity index (χ3v) is 3.91. The van der Waals surface area contributed by atoms with Crippen LogP contribution < -0.4 is 4.74 Å². The summed E-state index contributed by atoms with van der Waals surface area (Å²) in [6, 6.07) is 6.19. The zero-order valence-corrected chi connectivity index (χ0v) is 13.7. The van der Waals surface area contributed by atoms with Gasteiger partial charge in [0.15, 0.2) is 5.75 Å². The maximum Gasteiger partial charge on any atom is 0.343 e. The highest BCUT2D eigenvalue weighted by Crippen LogP contribution is 2.22. The fourth-order valence-corrected chi connectivity index (χ4v) is 2.62. The second-order valence-electron chi connectivity index (χ2n) is 5.46. The van der Waals surface area contributed by atoms with E-state index in [0.29, 0.717) is 35.9 Å². The van der Waals surface area contributed by atoms with E-state index in [9.17, 15) is 9.90 Å². The summed E-state index contributed by atoms with van der Waals surface area (Å²) in [5.41, 5.74) is 1.03. The lowest BCUT2D eigenvalue weighted by Crippen LogP contribution is -2.35. The van der Waals surface area contributed by atoms with E-state index < -0.39 is 5.97 Å². The average molecular weight is 349 g/mol. The molecule has 0 amide bonds. The number of esters is 1. The topological polar surface area (TPSA) is 71.9 Å². The molecule has 0 unspecified atom stereocenters. The first-order valence-corrected chi connectivity index (χ1v) is 7.94. The zero-order valence-electron chi connectivity index (χ0n) is 12.9. The van der Waals surface area contributed by atoms with Crippen LogP contribution in [0.5, 0.6) is 11.5 Å². The molecule has 0 aliphatic carbocycles. The van der Waals surface area contributed by atoms with Gasteiger partial charge in [0.25, 0.3) is 0 Å². The van der Waals surface area contributed by atoms with Gasteiger partial charge in [0, 0.05) is 37.5 Å². The van der Waals surface area contributed by atoms with Crippen molar-refractivity contribution in [2.45, 2.75) is 6.54 Å². The lowest BCUT2D eigenvalue weighted by molar-refractivity contribution is 0.0338. The Bertz CT molecular complexity index is 732. The predicted molar refractivity (Wildman–Crippen MR) is 88.4 cm³/mol. The molecule has 2 aromatic rings. The number of carbonyl (C=O) groups is 1. The number of aromatic hydroxyl groups is 1. The molecule has 1 aliphatic rings. The minimum absolute atomic E-state index is 0.155. The smallest absolute Gasteiger partial charge is 0.343 e. The van der Waals surface area contributed by atoms with E-state index in [1.807, 2.05) is 0 Å².